The van der Waals surface area contributed by atoms with Crippen LogP contribution in [0, 0.1) is 13.8 Å². The average Bonchev–Trinajstić information content (AvgIpc) is 2.77. The van der Waals surface area contributed by atoms with Crippen molar-refractivity contribution in [1.29, 1.82) is 0 Å². The third-order valence-electron chi connectivity index (χ3n) is 2.22. The van der Waals surface area contributed by atoms with Crippen LogP contribution in [0.1, 0.15) is 21.2 Å². The van der Waals surface area contributed by atoms with Crippen LogP contribution in [0.3, 0.4) is 0 Å². The molecule has 0 aromatic carbocycles. The Kier molecular flexibility index (Phi) is 3.18. The lowest BCUT2D eigenvalue weighted by atomic mass is 10.3. The van der Waals surface area contributed by atoms with E-state index in [0.29, 0.717) is 0 Å². The zero-order chi connectivity index (χ0) is 10.7. The molecule has 0 aliphatic rings. The fourth-order valence-electron chi connectivity index (χ4n) is 1.37. The molecule has 2 aromatic rings. The maximum Gasteiger partial charge on any atom is 0.120 e. The molecule has 0 atom stereocenters. The third kappa shape index (κ3) is 2.67. The Bertz CT molecular complexity index is 433. The summed E-state index contributed by atoms with van der Waals surface area (Å²) >= 11 is 1.72. The number of hydrogen-bond donors (Lipinski definition) is 1. The van der Waals surface area contributed by atoms with Gasteiger partial charge in [0.1, 0.15) is 5.76 Å². The number of nitrogens with zero attached hydrogens (tertiary/aromatic N) is 1. The molecule has 0 saturated carbocycles. The SMILES string of the molecule is Cc1ncc(CNCc2occc2C)s1. The monoisotopic (exact) mass is 222 g/mol. The van der Waals surface area contributed by atoms with Gasteiger partial charge in [0, 0.05) is 17.6 Å². The summed E-state index contributed by atoms with van der Waals surface area (Å²) < 4.78 is 5.33. The highest BCUT2D eigenvalue weighted by Crippen LogP contribution is 2.12. The van der Waals surface area contributed by atoms with Gasteiger partial charge in [0.05, 0.1) is 17.8 Å². The van der Waals surface area contributed by atoms with E-state index < -0.39 is 0 Å². The largest absolute Gasteiger partial charge is 0.468 e. The Morgan fingerprint density at radius 2 is 2.27 bits per heavy atom. The summed E-state index contributed by atoms with van der Waals surface area (Å²) in [6, 6.07) is 1.98. The Hall–Kier alpha value is -1.13. The molecule has 0 spiro atoms. The van der Waals surface area contributed by atoms with Crippen molar-refractivity contribution in [1.82, 2.24) is 10.3 Å². The Morgan fingerprint density at radius 3 is 2.87 bits per heavy atom. The van der Waals surface area contributed by atoms with Crippen molar-refractivity contribution in [3.8, 4) is 0 Å². The lowest BCUT2D eigenvalue weighted by molar-refractivity contribution is 0.481. The molecule has 2 aromatic heterocycles. The highest BCUT2D eigenvalue weighted by atomic mass is 32.1. The molecule has 0 amide bonds. The maximum atomic E-state index is 5.33. The van der Waals surface area contributed by atoms with Crippen molar-refractivity contribution in [3.63, 3.8) is 0 Å². The van der Waals surface area contributed by atoms with Gasteiger partial charge in [-0.05, 0) is 25.5 Å². The van der Waals surface area contributed by atoms with Gasteiger partial charge < -0.3 is 9.73 Å². The Morgan fingerprint density at radius 1 is 1.40 bits per heavy atom. The number of furan rings is 1. The first-order valence-electron chi connectivity index (χ1n) is 4.90. The Balaban J connectivity index is 1.83. The lowest BCUT2D eigenvalue weighted by Gasteiger charge is -2.00. The van der Waals surface area contributed by atoms with E-state index >= 15 is 0 Å². The molecule has 2 rings (SSSR count). The molecule has 0 fully saturated rings. The highest BCUT2D eigenvalue weighted by molar-refractivity contribution is 7.11. The molecule has 0 aliphatic carbocycles. The summed E-state index contributed by atoms with van der Waals surface area (Å²) in [6.07, 6.45) is 3.64. The fourth-order valence-corrected chi connectivity index (χ4v) is 2.14. The van der Waals surface area contributed by atoms with Gasteiger partial charge in [-0.1, -0.05) is 0 Å². The molecule has 1 N–H and O–H groups in total. The van der Waals surface area contributed by atoms with Gasteiger partial charge in [0.25, 0.3) is 0 Å². The average molecular weight is 222 g/mol. The second kappa shape index (κ2) is 4.59. The molecule has 15 heavy (non-hydrogen) atoms. The number of nitrogens with one attached hydrogen (secondary N) is 1. The van der Waals surface area contributed by atoms with Crippen molar-refractivity contribution >= 4 is 11.3 Å². The predicted molar refractivity (Wildman–Crippen MR) is 60.8 cm³/mol. The van der Waals surface area contributed by atoms with E-state index in [1.807, 2.05) is 19.2 Å². The first-order chi connectivity index (χ1) is 7.25. The van der Waals surface area contributed by atoms with Crippen molar-refractivity contribution < 1.29 is 4.42 Å². The second-order valence-electron chi connectivity index (χ2n) is 3.48. The normalized spacial score (nSPS) is 10.8. The van der Waals surface area contributed by atoms with E-state index in [4.69, 9.17) is 4.42 Å². The van der Waals surface area contributed by atoms with E-state index in [2.05, 4.69) is 17.2 Å². The number of hydrogen-bond acceptors (Lipinski definition) is 4. The molecule has 0 aliphatic heterocycles. The van der Waals surface area contributed by atoms with Crippen LogP contribution in [0.25, 0.3) is 0 Å². The van der Waals surface area contributed by atoms with Gasteiger partial charge in [-0.2, -0.15) is 0 Å². The van der Waals surface area contributed by atoms with Crippen LogP contribution in [0.2, 0.25) is 0 Å². The third-order valence-corrected chi connectivity index (χ3v) is 3.13. The summed E-state index contributed by atoms with van der Waals surface area (Å²) in [6.45, 7) is 5.70. The molecule has 2 heterocycles. The number of thiazole rings is 1. The molecule has 0 unspecified atom stereocenters. The summed E-state index contributed by atoms with van der Waals surface area (Å²) in [5.74, 6) is 1.01. The van der Waals surface area contributed by atoms with E-state index in [-0.39, 0.29) is 0 Å². The number of aromatic nitrogens is 1. The van der Waals surface area contributed by atoms with Crippen molar-refractivity contribution in [2.45, 2.75) is 26.9 Å². The van der Waals surface area contributed by atoms with Gasteiger partial charge in [0.15, 0.2) is 0 Å². The summed E-state index contributed by atoms with van der Waals surface area (Å²) in [4.78, 5) is 5.47. The summed E-state index contributed by atoms with van der Waals surface area (Å²) in [5, 5.41) is 4.45. The highest BCUT2D eigenvalue weighted by Gasteiger charge is 2.02. The van der Waals surface area contributed by atoms with Gasteiger partial charge >= 0.3 is 0 Å². The minimum absolute atomic E-state index is 0.774. The fraction of sp³-hybridized carbons (Fsp3) is 0.364. The number of rotatable bonds is 4. The van der Waals surface area contributed by atoms with Crippen LogP contribution in [-0.2, 0) is 13.1 Å². The van der Waals surface area contributed by atoms with Crippen molar-refractivity contribution in [2.24, 2.45) is 0 Å². The van der Waals surface area contributed by atoms with Crippen LogP contribution >= 0.6 is 11.3 Å². The first kappa shape index (κ1) is 10.4. The minimum Gasteiger partial charge on any atom is -0.468 e. The zero-order valence-electron chi connectivity index (χ0n) is 8.91. The number of aryl methyl sites for hydroxylation is 2. The maximum absolute atomic E-state index is 5.33. The van der Waals surface area contributed by atoms with E-state index in [1.165, 1.54) is 10.4 Å². The van der Waals surface area contributed by atoms with Gasteiger partial charge in [-0.25, -0.2) is 4.98 Å². The molecular formula is C11H14N2OS. The van der Waals surface area contributed by atoms with Gasteiger partial charge in [-0.3, -0.25) is 0 Å². The molecule has 0 bridgehead atoms. The minimum atomic E-state index is 0.774. The Labute approximate surface area is 93.2 Å². The summed E-state index contributed by atoms with van der Waals surface area (Å²) in [5.41, 5.74) is 1.20. The molecule has 80 valence electrons. The zero-order valence-corrected chi connectivity index (χ0v) is 9.73. The second-order valence-corrected chi connectivity index (χ2v) is 4.80. The first-order valence-corrected chi connectivity index (χ1v) is 5.72. The van der Waals surface area contributed by atoms with Crippen LogP contribution in [0.4, 0.5) is 0 Å². The predicted octanol–water partition coefficient (Wildman–Crippen LogP) is 2.64. The van der Waals surface area contributed by atoms with Crippen LogP contribution < -0.4 is 5.32 Å². The molecule has 3 nitrogen and oxygen atoms in total. The lowest BCUT2D eigenvalue weighted by Crippen LogP contribution is -2.11. The topological polar surface area (TPSA) is 38.1 Å². The molecule has 0 saturated heterocycles. The quantitative estimate of drug-likeness (QED) is 0.864. The van der Waals surface area contributed by atoms with Gasteiger partial charge in [0.2, 0.25) is 0 Å². The standard InChI is InChI=1S/C11H14N2OS/c1-8-3-4-14-11(8)7-12-5-10-6-13-9(2)15-10/h3-4,6,12H,5,7H2,1-2H3. The van der Waals surface area contributed by atoms with E-state index in [0.717, 1.165) is 23.9 Å². The van der Waals surface area contributed by atoms with Crippen molar-refractivity contribution in [3.05, 3.63) is 39.7 Å². The van der Waals surface area contributed by atoms with Crippen molar-refractivity contribution in [2.75, 3.05) is 0 Å². The van der Waals surface area contributed by atoms with E-state index in [1.54, 1.807) is 17.6 Å². The van der Waals surface area contributed by atoms with Gasteiger partial charge in [-0.15, -0.1) is 11.3 Å². The summed E-state index contributed by atoms with van der Waals surface area (Å²) in [7, 11) is 0. The van der Waals surface area contributed by atoms with Crippen LogP contribution in [-0.4, -0.2) is 4.98 Å². The van der Waals surface area contributed by atoms with Crippen LogP contribution in [0.15, 0.2) is 22.9 Å². The smallest absolute Gasteiger partial charge is 0.120 e. The van der Waals surface area contributed by atoms with E-state index in [9.17, 15) is 0 Å². The molecule has 4 heteroatoms. The molecule has 0 radical (unpaired) electrons. The van der Waals surface area contributed by atoms with Crippen LogP contribution in [0.5, 0.6) is 0 Å². The molecular weight excluding hydrogens is 208 g/mol.